The lowest BCUT2D eigenvalue weighted by Gasteiger charge is -2.47. The lowest BCUT2D eigenvalue weighted by Crippen LogP contribution is -2.62. The summed E-state index contributed by atoms with van der Waals surface area (Å²) in [6.07, 6.45) is -7.98. The van der Waals surface area contributed by atoms with Crippen LogP contribution in [0.3, 0.4) is 0 Å². The summed E-state index contributed by atoms with van der Waals surface area (Å²) in [5.41, 5.74) is -2.27. The number of amides is 1. The second kappa shape index (κ2) is 21.7. The van der Waals surface area contributed by atoms with Crippen LogP contribution in [0.25, 0.3) is 22.3 Å². The van der Waals surface area contributed by atoms with Crippen LogP contribution in [0.4, 0.5) is 58.1 Å². The van der Waals surface area contributed by atoms with Gasteiger partial charge >= 0.3 is 33.0 Å². The van der Waals surface area contributed by atoms with Gasteiger partial charge in [0.15, 0.2) is 5.82 Å². The van der Waals surface area contributed by atoms with Crippen molar-refractivity contribution in [3.8, 4) is 39.5 Å². The molecule has 4 aromatic carbocycles. The number of alkyl halides is 6. The van der Waals surface area contributed by atoms with Gasteiger partial charge in [-0.05, 0) is 78.1 Å². The fourth-order valence-electron chi connectivity index (χ4n) is 10.0. The first-order chi connectivity index (χ1) is 37.5. The van der Waals surface area contributed by atoms with Gasteiger partial charge in [-0.1, -0.05) is 17.3 Å². The van der Waals surface area contributed by atoms with Gasteiger partial charge in [0.05, 0.1) is 54.9 Å². The van der Waals surface area contributed by atoms with Crippen LogP contribution in [0, 0.1) is 11.6 Å². The number of hydrogen-bond acceptors (Lipinski definition) is 15. The highest BCUT2D eigenvalue weighted by Gasteiger charge is 2.46. The van der Waals surface area contributed by atoms with Crippen molar-refractivity contribution in [3.63, 3.8) is 0 Å². The molecule has 4 fully saturated rings. The van der Waals surface area contributed by atoms with Crippen LogP contribution in [0.1, 0.15) is 24.0 Å². The van der Waals surface area contributed by atoms with E-state index in [1.165, 1.54) is 48.7 Å². The summed E-state index contributed by atoms with van der Waals surface area (Å²) in [7, 11) is -7.13. The van der Waals surface area contributed by atoms with Gasteiger partial charge < -0.3 is 38.0 Å². The monoisotopic (exact) mass is 1150 g/mol. The van der Waals surface area contributed by atoms with Gasteiger partial charge in [0.1, 0.15) is 60.5 Å². The van der Waals surface area contributed by atoms with Gasteiger partial charge in [-0.2, -0.15) is 38.6 Å². The molecule has 10 rings (SSSR count). The molecule has 1 amide bonds. The zero-order valence-electron chi connectivity index (χ0n) is 41.1. The smallest absolute Gasteiger partial charge is 0.495 e. The van der Waals surface area contributed by atoms with Crippen molar-refractivity contribution < 1.29 is 85.0 Å². The first kappa shape index (κ1) is 55.0. The third-order valence-electron chi connectivity index (χ3n) is 13.5. The summed E-state index contributed by atoms with van der Waals surface area (Å²) in [4.78, 5) is 24.2. The zero-order chi connectivity index (χ0) is 56.0. The number of halogens is 8. The van der Waals surface area contributed by atoms with Gasteiger partial charge in [-0.15, -0.1) is 13.2 Å². The topological polar surface area (TPSA) is 220 Å². The fraction of sp³-hybridized carbons (Fsp3) is 0.347. The average Bonchev–Trinajstić information content (AvgIpc) is 4.04. The fourth-order valence-corrected chi connectivity index (χ4v) is 12.4. The Morgan fingerprint density at radius 2 is 1.43 bits per heavy atom. The van der Waals surface area contributed by atoms with Gasteiger partial charge in [0.25, 0.3) is 5.91 Å². The molecule has 4 saturated heterocycles. The Morgan fingerprint density at radius 3 is 2.10 bits per heavy atom. The minimum absolute atomic E-state index is 0.00805. The Labute approximate surface area is 445 Å². The quantitative estimate of drug-likeness (QED) is 0.0958. The minimum atomic E-state index is -5.26. The molecule has 0 bridgehead atoms. The molecular formula is C49H45F8N9O11S2. The lowest BCUT2D eigenvalue weighted by atomic mass is 9.97. The number of carbonyl (C=O) groups excluding carboxylic acids is 1. The van der Waals surface area contributed by atoms with E-state index in [9.17, 15) is 48.0 Å². The molecule has 4 aliphatic rings. The number of fused-ring (bicyclic) bond motifs is 2. The number of ether oxygens (including phenoxy) is 5. The predicted molar refractivity (Wildman–Crippen MR) is 264 cm³/mol. The molecule has 420 valence electrons. The largest absolute Gasteiger partial charge is 0.573 e. The maximum atomic E-state index is 16.7. The highest BCUT2D eigenvalue weighted by atomic mass is 32.2. The summed E-state index contributed by atoms with van der Waals surface area (Å²) in [6, 6.07) is 12.5. The first-order valence-corrected chi connectivity index (χ1v) is 26.9. The molecule has 0 unspecified atom stereocenters. The molecule has 6 heterocycles. The van der Waals surface area contributed by atoms with E-state index in [0.29, 0.717) is 0 Å². The number of methoxy groups -OCH3 is 1. The number of nitrogens with zero attached hydrogens (tertiary/aromatic N) is 7. The molecule has 2 N–H and O–H groups in total. The van der Waals surface area contributed by atoms with E-state index in [4.69, 9.17) is 23.5 Å². The van der Waals surface area contributed by atoms with E-state index in [-0.39, 0.29) is 114 Å². The molecular weight excluding hydrogens is 1110 g/mol. The number of benzene rings is 4. The summed E-state index contributed by atoms with van der Waals surface area (Å²) in [5, 5.41) is 3.56. The summed E-state index contributed by atoms with van der Waals surface area (Å²) < 4.78 is 210. The second-order valence-electron chi connectivity index (χ2n) is 18.4. The number of rotatable bonds is 15. The van der Waals surface area contributed by atoms with E-state index >= 15 is 8.78 Å². The zero-order valence-corrected chi connectivity index (χ0v) is 42.7. The summed E-state index contributed by atoms with van der Waals surface area (Å²) in [5.74, 6) is -3.80. The Kier molecular flexibility index (Phi) is 15.1. The third kappa shape index (κ3) is 12.0. The molecule has 30 heteroatoms. The normalized spacial score (nSPS) is 20.5. The number of anilines is 4. The van der Waals surface area contributed by atoms with Gasteiger partial charge in [-0.25, -0.2) is 18.7 Å². The van der Waals surface area contributed by atoms with Crippen LogP contribution in [0.2, 0.25) is 0 Å². The second-order valence-corrected chi connectivity index (χ2v) is 21.8. The Hall–Kier alpha value is -7.38. The minimum Gasteiger partial charge on any atom is -0.495 e. The van der Waals surface area contributed by atoms with Gasteiger partial charge in [0.2, 0.25) is 0 Å². The van der Waals surface area contributed by atoms with Crippen LogP contribution in [-0.2, 0) is 47.5 Å². The molecule has 2 aromatic heterocycles. The molecule has 4 atom stereocenters. The van der Waals surface area contributed by atoms with Crippen molar-refractivity contribution in [2.75, 3.05) is 72.3 Å². The van der Waals surface area contributed by atoms with E-state index in [2.05, 4.69) is 29.3 Å². The Balaban J connectivity index is 0.964. The van der Waals surface area contributed by atoms with Gasteiger partial charge in [-0.3, -0.25) is 14.2 Å². The van der Waals surface area contributed by atoms with E-state index in [1.807, 2.05) is 0 Å². The number of aromatic nitrogens is 3. The van der Waals surface area contributed by atoms with Crippen molar-refractivity contribution in [1.29, 1.82) is 0 Å². The van der Waals surface area contributed by atoms with Gasteiger partial charge in [0, 0.05) is 68.2 Å². The maximum Gasteiger partial charge on any atom is 0.573 e. The van der Waals surface area contributed by atoms with Crippen LogP contribution in [0.15, 0.2) is 102 Å². The summed E-state index contributed by atoms with van der Waals surface area (Å²) >= 11 is 0. The van der Waals surface area contributed by atoms with Crippen molar-refractivity contribution in [3.05, 3.63) is 120 Å². The van der Waals surface area contributed by atoms with E-state index in [1.54, 1.807) is 4.90 Å². The molecule has 79 heavy (non-hydrogen) atoms. The maximum absolute atomic E-state index is 16.7. The number of hydrogen-bond donors (Lipinski definition) is 2. The van der Waals surface area contributed by atoms with E-state index < -0.39 is 99.3 Å². The van der Waals surface area contributed by atoms with Crippen molar-refractivity contribution >= 4 is 49.3 Å². The predicted octanol–water partition coefficient (Wildman–Crippen LogP) is 7.38. The van der Waals surface area contributed by atoms with Crippen LogP contribution in [0.5, 0.6) is 17.2 Å². The van der Waals surface area contributed by atoms with Crippen molar-refractivity contribution in [2.45, 2.75) is 56.3 Å². The SMILES string of the molecule is COc1cc(-c2cc(COc3cc(-c4cccc(C(F)(F)F)c4)c(F)cc3N3CCO[C@H]4CN(S(=O)(=O)Nc5ccncn5)CC[C@@H]43)cc(OC(F)(F)F)c2)c(F)cc1N1C(=O)CO[C@H]2CN(S(=O)(=O)Nc3ccon3)CC[C@@H]21. The number of piperidine rings is 2. The first-order valence-electron chi connectivity index (χ1n) is 24.0. The third-order valence-corrected chi connectivity index (χ3v) is 16.5. The standard InChI is InChI=1S/C49H45F8N9O11S2/c1-72-41-19-34(36(51)22-40(41)66-38-7-11-64(24-44(38)75-26-47(66)67)79(70,71)62-46-8-13-76-60-46)30-15-28(16-32(18-30)77-49(55,56)57)25-74-42-20-33(29-3-2-4-31(17-29)48(52,53)54)35(50)21-39(42)65-12-14-73-43-23-63(10-6-37(43)65)78(68,69)61-45-5-9-58-27-59-45/h2-5,8-9,13,15-22,27,37-38,43-44H,6-7,10-12,14,23-26H2,1H3,(H,60,62)(H,58,59,61)/t37-,38-,43-,44-/m0/s1. The van der Waals surface area contributed by atoms with Crippen LogP contribution >= 0.6 is 0 Å². The number of carbonyl (C=O) groups is 1. The van der Waals surface area contributed by atoms with Crippen molar-refractivity contribution in [1.82, 2.24) is 23.7 Å². The highest BCUT2D eigenvalue weighted by molar-refractivity contribution is 7.90. The highest BCUT2D eigenvalue weighted by Crippen LogP contribution is 2.44. The van der Waals surface area contributed by atoms with Crippen LogP contribution < -0.4 is 33.5 Å². The average molecular weight is 1150 g/mol. The lowest BCUT2D eigenvalue weighted by molar-refractivity contribution is -0.274. The molecule has 0 radical (unpaired) electrons. The molecule has 0 spiro atoms. The van der Waals surface area contributed by atoms with Crippen LogP contribution in [-0.4, -0.2) is 130 Å². The van der Waals surface area contributed by atoms with Crippen molar-refractivity contribution in [2.24, 2.45) is 0 Å². The number of nitrogens with one attached hydrogen (secondary N) is 2. The van der Waals surface area contributed by atoms with E-state index in [0.717, 1.165) is 69.5 Å². The molecule has 20 nitrogen and oxygen atoms in total. The molecule has 4 aliphatic heterocycles. The summed E-state index contributed by atoms with van der Waals surface area (Å²) in [6.45, 7) is -1.66. The Morgan fingerprint density at radius 1 is 0.747 bits per heavy atom. The molecule has 6 aromatic rings. The molecule has 0 aliphatic carbocycles. The number of morpholine rings is 2. The molecule has 0 saturated carbocycles. The Bertz CT molecular complexity index is 3460.